The minimum absolute atomic E-state index is 0.0177. The number of fused-ring (bicyclic) bond motifs is 1. The lowest BCUT2D eigenvalue weighted by molar-refractivity contribution is -0.117. The predicted octanol–water partition coefficient (Wildman–Crippen LogP) is 4.49. The van der Waals surface area contributed by atoms with E-state index in [0.29, 0.717) is 6.54 Å². The quantitative estimate of drug-likeness (QED) is 0.725. The summed E-state index contributed by atoms with van der Waals surface area (Å²) in [5.74, 6) is -0.0177. The fourth-order valence-corrected chi connectivity index (χ4v) is 3.92. The highest BCUT2D eigenvalue weighted by Gasteiger charge is 2.31. The van der Waals surface area contributed by atoms with E-state index in [9.17, 15) is 4.79 Å². The van der Waals surface area contributed by atoms with Crippen LogP contribution in [0.5, 0.6) is 0 Å². The third-order valence-corrected chi connectivity index (χ3v) is 5.36. The maximum atomic E-state index is 12.7. The molecule has 1 aromatic heterocycles. The number of hydrogen-bond acceptors (Lipinski definition) is 2. The largest absolute Gasteiger partial charge is 0.348 e. The summed E-state index contributed by atoms with van der Waals surface area (Å²) in [5.41, 5.74) is 4.18. The first kappa shape index (κ1) is 17.8. The molecule has 0 bridgehead atoms. The number of amides is 1. The highest BCUT2D eigenvalue weighted by atomic mass is 35.5. The topological polar surface area (TPSA) is 37.3 Å². The van der Waals surface area contributed by atoms with Crippen molar-refractivity contribution in [1.82, 2.24) is 9.47 Å². The second-order valence-corrected chi connectivity index (χ2v) is 7.34. The number of carbonyl (C=O) groups is 1. The van der Waals surface area contributed by atoms with Crippen molar-refractivity contribution in [1.29, 1.82) is 0 Å². The smallest absolute Gasteiger partial charge is 0.238 e. The number of rotatable bonds is 4. The van der Waals surface area contributed by atoms with Crippen LogP contribution in [-0.4, -0.2) is 28.5 Å². The van der Waals surface area contributed by atoms with E-state index in [1.165, 1.54) is 5.56 Å². The van der Waals surface area contributed by atoms with E-state index in [1.54, 1.807) is 0 Å². The van der Waals surface area contributed by atoms with Gasteiger partial charge in [-0.25, -0.2) is 0 Å². The van der Waals surface area contributed by atoms with Crippen LogP contribution in [0.1, 0.15) is 22.9 Å². The Hall–Kier alpha value is -2.56. The molecule has 1 atom stereocenters. The van der Waals surface area contributed by atoms with Gasteiger partial charge in [0.25, 0.3) is 0 Å². The van der Waals surface area contributed by atoms with Crippen LogP contribution in [0.25, 0.3) is 0 Å². The van der Waals surface area contributed by atoms with Crippen molar-refractivity contribution in [2.45, 2.75) is 19.5 Å². The number of hydrogen-bond donors (Lipinski definition) is 1. The molecule has 2 heterocycles. The van der Waals surface area contributed by atoms with E-state index in [0.717, 1.165) is 35.1 Å². The average Bonchev–Trinajstić information content (AvgIpc) is 3.13. The van der Waals surface area contributed by atoms with E-state index in [4.69, 9.17) is 11.6 Å². The standard InChI is InChI=1S/C22H22ClN3O/c1-16-8-10-17(11-9-16)24-21(27)15-26-14-13-25-12-4-7-20(25)22(26)18-5-2-3-6-19(18)23/h2-12,22H,13-15H2,1H3,(H,24,27)/t22-/m0/s1. The Balaban J connectivity index is 1.58. The van der Waals surface area contributed by atoms with Gasteiger partial charge in [0.1, 0.15) is 0 Å². The molecule has 0 spiro atoms. The Morgan fingerprint density at radius 3 is 2.63 bits per heavy atom. The number of nitrogens with zero attached hydrogens (tertiary/aromatic N) is 2. The van der Waals surface area contributed by atoms with Crippen LogP contribution in [0, 0.1) is 6.92 Å². The second kappa shape index (κ2) is 7.59. The van der Waals surface area contributed by atoms with Gasteiger partial charge in [-0.3, -0.25) is 9.69 Å². The lowest BCUT2D eigenvalue weighted by Gasteiger charge is -2.37. The van der Waals surface area contributed by atoms with E-state index in [2.05, 4.69) is 33.1 Å². The molecule has 5 heteroatoms. The lowest BCUT2D eigenvalue weighted by atomic mass is 10.00. The summed E-state index contributed by atoms with van der Waals surface area (Å²) >= 11 is 6.50. The van der Waals surface area contributed by atoms with Crippen LogP contribution in [0.4, 0.5) is 5.69 Å². The van der Waals surface area contributed by atoms with E-state index in [-0.39, 0.29) is 11.9 Å². The van der Waals surface area contributed by atoms with Gasteiger partial charge in [0.15, 0.2) is 0 Å². The van der Waals surface area contributed by atoms with Gasteiger partial charge in [-0.15, -0.1) is 0 Å². The third-order valence-electron chi connectivity index (χ3n) is 5.02. The molecule has 1 N–H and O–H groups in total. The highest BCUT2D eigenvalue weighted by Crippen LogP contribution is 2.35. The SMILES string of the molecule is Cc1ccc(NC(=O)CN2CCn3cccc3[C@@H]2c2ccccc2Cl)cc1. The van der Waals surface area contributed by atoms with Crippen LogP contribution >= 0.6 is 11.6 Å². The van der Waals surface area contributed by atoms with Crippen LogP contribution in [0.15, 0.2) is 66.9 Å². The summed E-state index contributed by atoms with van der Waals surface area (Å²) in [6.07, 6.45) is 2.09. The van der Waals surface area contributed by atoms with Gasteiger partial charge in [-0.05, 0) is 42.8 Å². The number of aromatic nitrogens is 1. The van der Waals surface area contributed by atoms with Gasteiger partial charge >= 0.3 is 0 Å². The molecule has 4 rings (SSSR count). The monoisotopic (exact) mass is 379 g/mol. The molecule has 1 aliphatic rings. The molecule has 0 aliphatic carbocycles. The average molecular weight is 380 g/mol. The van der Waals surface area contributed by atoms with Crippen molar-refractivity contribution >= 4 is 23.2 Å². The summed E-state index contributed by atoms with van der Waals surface area (Å²) < 4.78 is 2.24. The molecule has 0 saturated carbocycles. The van der Waals surface area contributed by atoms with E-state index >= 15 is 0 Å². The molecule has 0 fully saturated rings. The second-order valence-electron chi connectivity index (χ2n) is 6.94. The summed E-state index contributed by atoms with van der Waals surface area (Å²) in [7, 11) is 0. The third kappa shape index (κ3) is 3.77. The van der Waals surface area contributed by atoms with Crippen LogP contribution in [-0.2, 0) is 11.3 Å². The zero-order chi connectivity index (χ0) is 18.8. The summed E-state index contributed by atoms with van der Waals surface area (Å²) in [5, 5.41) is 3.72. The predicted molar refractivity (Wildman–Crippen MR) is 109 cm³/mol. The minimum atomic E-state index is -0.0359. The zero-order valence-electron chi connectivity index (χ0n) is 15.2. The number of nitrogens with one attached hydrogen (secondary N) is 1. The first-order chi connectivity index (χ1) is 13.1. The molecule has 1 aliphatic heterocycles. The summed E-state index contributed by atoms with van der Waals surface area (Å²) in [6, 6.07) is 19.9. The maximum Gasteiger partial charge on any atom is 0.238 e. The number of anilines is 1. The number of benzene rings is 2. The van der Waals surface area contributed by atoms with Gasteiger partial charge in [0, 0.05) is 35.7 Å². The van der Waals surface area contributed by atoms with Crippen LogP contribution in [0.2, 0.25) is 5.02 Å². The molecular formula is C22H22ClN3O. The number of aryl methyl sites for hydroxylation is 1. The van der Waals surface area contributed by atoms with Gasteiger partial charge in [0.2, 0.25) is 5.91 Å². The fourth-order valence-electron chi connectivity index (χ4n) is 3.68. The van der Waals surface area contributed by atoms with Crippen molar-refractivity contribution in [3.8, 4) is 0 Å². The van der Waals surface area contributed by atoms with Crippen LogP contribution < -0.4 is 5.32 Å². The first-order valence-corrected chi connectivity index (χ1v) is 9.49. The molecule has 2 aromatic carbocycles. The lowest BCUT2D eigenvalue weighted by Crippen LogP contribution is -2.42. The Kier molecular flexibility index (Phi) is 5.01. The van der Waals surface area contributed by atoms with Gasteiger partial charge in [0.05, 0.1) is 12.6 Å². The molecule has 1 amide bonds. The van der Waals surface area contributed by atoms with E-state index in [1.807, 2.05) is 55.5 Å². The Morgan fingerprint density at radius 2 is 1.85 bits per heavy atom. The van der Waals surface area contributed by atoms with Crippen molar-refractivity contribution in [3.63, 3.8) is 0 Å². The van der Waals surface area contributed by atoms with Crippen molar-refractivity contribution in [2.75, 3.05) is 18.4 Å². The number of halogens is 1. The van der Waals surface area contributed by atoms with Gasteiger partial charge < -0.3 is 9.88 Å². The highest BCUT2D eigenvalue weighted by molar-refractivity contribution is 6.31. The van der Waals surface area contributed by atoms with Gasteiger partial charge in [-0.2, -0.15) is 0 Å². The van der Waals surface area contributed by atoms with E-state index < -0.39 is 0 Å². The zero-order valence-corrected chi connectivity index (χ0v) is 16.0. The van der Waals surface area contributed by atoms with Crippen molar-refractivity contribution < 1.29 is 4.79 Å². The normalized spacial score (nSPS) is 16.7. The maximum absolute atomic E-state index is 12.7. The van der Waals surface area contributed by atoms with Crippen LogP contribution in [0.3, 0.4) is 0 Å². The Morgan fingerprint density at radius 1 is 1.07 bits per heavy atom. The van der Waals surface area contributed by atoms with Crippen molar-refractivity contribution in [2.24, 2.45) is 0 Å². The molecule has 3 aromatic rings. The molecule has 27 heavy (non-hydrogen) atoms. The Labute approximate surface area is 164 Å². The molecule has 138 valence electrons. The molecule has 4 nitrogen and oxygen atoms in total. The molecule has 0 unspecified atom stereocenters. The number of carbonyl (C=O) groups excluding carboxylic acids is 1. The molecule has 0 radical (unpaired) electrons. The minimum Gasteiger partial charge on any atom is -0.348 e. The Bertz CT molecular complexity index is 948. The first-order valence-electron chi connectivity index (χ1n) is 9.12. The van der Waals surface area contributed by atoms with Gasteiger partial charge in [-0.1, -0.05) is 47.5 Å². The fraction of sp³-hybridized carbons (Fsp3) is 0.227. The summed E-state index contributed by atoms with van der Waals surface area (Å²) in [4.78, 5) is 14.9. The molecular weight excluding hydrogens is 358 g/mol. The van der Waals surface area contributed by atoms with Crippen molar-refractivity contribution in [3.05, 3.63) is 88.7 Å². The summed E-state index contributed by atoms with van der Waals surface area (Å²) in [6.45, 7) is 4.00. The molecule has 0 saturated heterocycles.